The number of benzene rings is 1. The zero-order valence-corrected chi connectivity index (χ0v) is 15.1. The average molecular weight is 348 g/mol. The van der Waals surface area contributed by atoms with Crippen LogP contribution in [0.1, 0.15) is 47.6 Å². The van der Waals surface area contributed by atoms with Crippen molar-refractivity contribution in [3.05, 3.63) is 65.0 Å². The van der Waals surface area contributed by atoms with Crippen molar-refractivity contribution in [2.24, 2.45) is 10.9 Å². The molecular formula is C22H24N2O2. The van der Waals surface area contributed by atoms with Crippen LogP contribution >= 0.6 is 0 Å². The maximum absolute atomic E-state index is 12.6. The lowest BCUT2D eigenvalue weighted by Gasteiger charge is -2.15. The van der Waals surface area contributed by atoms with Crippen molar-refractivity contribution >= 4 is 11.5 Å². The SMILES string of the molecule is COC[C@@H](CC(=O)Cc1cc2c(cn1)C(C1CC1)=NC2)c1ccccc1. The molecule has 0 bridgehead atoms. The fourth-order valence-corrected chi connectivity index (χ4v) is 3.71. The Morgan fingerprint density at radius 1 is 1.27 bits per heavy atom. The molecule has 4 heteroatoms. The number of ether oxygens (including phenoxy) is 1. The van der Waals surface area contributed by atoms with Crippen molar-refractivity contribution in [1.82, 2.24) is 4.98 Å². The lowest BCUT2D eigenvalue weighted by atomic mass is 9.93. The first kappa shape index (κ1) is 17.1. The van der Waals surface area contributed by atoms with E-state index in [1.807, 2.05) is 24.4 Å². The van der Waals surface area contributed by atoms with Crippen LogP contribution in [0.15, 0.2) is 47.6 Å². The summed E-state index contributed by atoms with van der Waals surface area (Å²) in [6.07, 6.45) is 5.27. The van der Waals surface area contributed by atoms with E-state index in [1.165, 1.54) is 29.7 Å². The number of aliphatic imine (C=N–C) groups is 1. The van der Waals surface area contributed by atoms with Gasteiger partial charge in [-0.25, -0.2) is 0 Å². The molecule has 2 aliphatic rings. The van der Waals surface area contributed by atoms with Crippen molar-refractivity contribution in [2.75, 3.05) is 13.7 Å². The molecular weight excluding hydrogens is 324 g/mol. The van der Waals surface area contributed by atoms with Gasteiger partial charge in [0.25, 0.3) is 0 Å². The van der Waals surface area contributed by atoms with E-state index in [9.17, 15) is 4.79 Å². The summed E-state index contributed by atoms with van der Waals surface area (Å²) in [7, 11) is 1.68. The number of ketones is 1. The fraction of sp³-hybridized carbons (Fsp3) is 0.409. The molecule has 0 spiro atoms. The minimum Gasteiger partial charge on any atom is -0.384 e. The molecule has 26 heavy (non-hydrogen) atoms. The highest BCUT2D eigenvalue weighted by molar-refractivity contribution is 6.06. The van der Waals surface area contributed by atoms with Crippen molar-refractivity contribution < 1.29 is 9.53 Å². The van der Waals surface area contributed by atoms with Crippen LogP contribution in [0, 0.1) is 5.92 Å². The van der Waals surface area contributed by atoms with Crippen molar-refractivity contribution in [3.63, 3.8) is 0 Å². The number of nitrogens with zero attached hydrogens (tertiary/aromatic N) is 2. The number of methoxy groups -OCH3 is 1. The summed E-state index contributed by atoms with van der Waals surface area (Å²) in [5.41, 5.74) is 5.65. The Hall–Kier alpha value is -2.33. The number of carbonyl (C=O) groups excluding carboxylic acids is 1. The van der Waals surface area contributed by atoms with E-state index >= 15 is 0 Å². The normalized spacial score (nSPS) is 16.9. The summed E-state index contributed by atoms with van der Waals surface area (Å²) in [4.78, 5) is 21.8. The van der Waals surface area contributed by atoms with Gasteiger partial charge in [-0.2, -0.15) is 0 Å². The van der Waals surface area contributed by atoms with Crippen molar-refractivity contribution in [2.45, 2.75) is 38.1 Å². The molecule has 1 saturated carbocycles. The summed E-state index contributed by atoms with van der Waals surface area (Å²) in [6.45, 7) is 1.28. The molecule has 1 atom stereocenters. The van der Waals surface area contributed by atoms with Gasteiger partial charge in [0.05, 0.1) is 13.2 Å². The number of hydrogen-bond donors (Lipinski definition) is 0. The molecule has 1 fully saturated rings. The topological polar surface area (TPSA) is 51.5 Å². The third kappa shape index (κ3) is 3.75. The minimum absolute atomic E-state index is 0.0907. The molecule has 1 aromatic carbocycles. The van der Waals surface area contributed by atoms with Gasteiger partial charge in [-0.05, 0) is 30.0 Å². The predicted molar refractivity (Wildman–Crippen MR) is 102 cm³/mol. The molecule has 0 amide bonds. The number of hydrogen-bond acceptors (Lipinski definition) is 4. The second-order valence-corrected chi connectivity index (χ2v) is 7.29. The number of rotatable bonds is 8. The molecule has 0 unspecified atom stereocenters. The van der Waals surface area contributed by atoms with E-state index in [4.69, 9.17) is 4.74 Å². The van der Waals surface area contributed by atoms with Crippen LogP contribution in [-0.2, 0) is 22.5 Å². The monoisotopic (exact) mass is 348 g/mol. The highest BCUT2D eigenvalue weighted by Gasteiger charge is 2.32. The second-order valence-electron chi connectivity index (χ2n) is 7.29. The number of carbonyl (C=O) groups is 1. The van der Waals surface area contributed by atoms with Crippen LogP contribution in [0.25, 0.3) is 0 Å². The quantitative estimate of drug-likeness (QED) is 0.730. The Kier molecular flexibility index (Phi) is 4.93. The average Bonchev–Trinajstić information content (AvgIpc) is 3.41. The summed E-state index contributed by atoms with van der Waals surface area (Å²) in [5, 5.41) is 0. The molecule has 0 saturated heterocycles. The standard InChI is InChI=1S/C22H24N2O2/c1-26-14-18(15-5-3-2-4-6-15)10-20(25)11-19-9-17-12-24-22(16-7-8-16)21(17)13-23-19/h2-6,9,13,16,18H,7-8,10-12,14H2,1H3/t18-/m1/s1. The highest BCUT2D eigenvalue weighted by atomic mass is 16.5. The van der Waals surface area contributed by atoms with Crippen molar-refractivity contribution in [3.8, 4) is 0 Å². The maximum atomic E-state index is 12.6. The van der Waals surface area contributed by atoms with Gasteiger partial charge in [0.1, 0.15) is 5.78 Å². The van der Waals surface area contributed by atoms with Gasteiger partial charge >= 0.3 is 0 Å². The Morgan fingerprint density at radius 2 is 2.08 bits per heavy atom. The smallest absolute Gasteiger partial charge is 0.139 e. The first-order chi connectivity index (χ1) is 12.7. The Morgan fingerprint density at radius 3 is 2.81 bits per heavy atom. The fourth-order valence-electron chi connectivity index (χ4n) is 3.71. The van der Waals surface area contributed by atoms with Gasteiger partial charge in [-0.3, -0.25) is 14.8 Å². The Bertz CT molecular complexity index is 825. The molecule has 0 N–H and O–H groups in total. The van der Waals surface area contributed by atoms with E-state index in [-0.39, 0.29) is 11.7 Å². The molecule has 1 aromatic heterocycles. The first-order valence-electron chi connectivity index (χ1n) is 9.32. The zero-order valence-electron chi connectivity index (χ0n) is 15.1. The third-order valence-electron chi connectivity index (χ3n) is 5.20. The summed E-state index contributed by atoms with van der Waals surface area (Å²) >= 11 is 0. The highest BCUT2D eigenvalue weighted by Crippen LogP contribution is 2.37. The summed E-state index contributed by atoms with van der Waals surface area (Å²) in [6, 6.07) is 12.2. The van der Waals surface area contributed by atoms with Gasteiger partial charge < -0.3 is 4.74 Å². The van der Waals surface area contributed by atoms with E-state index in [2.05, 4.69) is 28.2 Å². The molecule has 2 aromatic rings. The van der Waals surface area contributed by atoms with Crippen LogP contribution in [0.2, 0.25) is 0 Å². The van der Waals surface area contributed by atoms with Crippen LogP contribution in [0.4, 0.5) is 0 Å². The summed E-state index contributed by atoms with van der Waals surface area (Å²) < 4.78 is 5.33. The Labute approximate surface area is 154 Å². The maximum Gasteiger partial charge on any atom is 0.139 e. The van der Waals surface area contributed by atoms with Crippen LogP contribution < -0.4 is 0 Å². The molecule has 2 heterocycles. The zero-order chi connectivity index (χ0) is 17.9. The molecule has 1 aliphatic carbocycles. The number of aromatic nitrogens is 1. The number of Topliss-reactive ketones (excluding diaryl/α,β-unsaturated/α-hetero) is 1. The van der Waals surface area contributed by atoms with E-state index < -0.39 is 0 Å². The Balaban J connectivity index is 1.41. The van der Waals surface area contributed by atoms with Gasteiger partial charge in [-0.15, -0.1) is 0 Å². The number of fused-ring (bicyclic) bond motifs is 1. The van der Waals surface area contributed by atoms with Crippen molar-refractivity contribution in [1.29, 1.82) is 0 Å². The lowest BCUT2D eigenvalue weighted by molar-refractivity contribution is -0.119. The largest absolute Gasteiger partial charge is 0.384 e. The van der Waals surface area contributed by atoms with Gasteiger partial charge in [0.2, 0.25) is 0 Å². The second kappa shape index (κ2) is 7.50. The molecule has 1 aliphatic heterocycles. The molecule has 0 radical (unpaired) electrons. The van der Waals surface area contributed by atoms with Gasteiger partial charge in [-0.1, -0.05) is 30.3 Å². The molecule has 4 nitrogen and oxygen atoms in total. The first-order valence-corrected chi connectivity index (χ1v) is 9.32. The molecule has 134 valence electrons. The van der Waals surface area contributed by atoms with E-state index in [0.717, 1.165) is 17.8 Å². The minimum atomic E-state index is 0.0907. The number of pyridine rings is 1. The van der Waals surface area contributed by atoms with E-state index in [1.54, 1.807) is 7.11 Å². The van der Waals surface area contributed by atoms with Gasteiger partial charge in [0.15, 0.2) is 0 Å². The lowest BCUT2D eigenvalue weighted by Crippen LogP contribution is -2.14. The van der Waals surface area contributed by atoms with Gasteiger partial charge in [0, 0.05) is 55.0 Å². The molecule has 4 rings (SSSR count). The third-order valence-corrected chi connectivity index (χ3v) is 5.20. The van der Waals surface area contributed by atoms with Crippen LogP contribution in [0.3, 0.4) is 0 Å². The summed E-state index contributed by atoms with van der Waals surface area (Å²) in [5.74, 6) is 0.934. The van der Waals surface area contributed by atoms with Crippen LogP contribution in [0.5, 0.6) is 0 Å². The van der Waals surface area contributed by atoms with Crippen LogP contribution in [-0.4, -0.2) is 30.2 Å². The van der Waals surface area contributed by atoms with E-state index in [0.29, 0.717) is 25.4 Å². The predicted octanol–water partition coefficient (Wildman–Crippen LogP) is 3.73.